The molecule has 19 heavy (non-hydrogen) atoms. The van der Waals surface area contributed by atoms with E-state index in [1.165, 1.54) is 6.42 Å². The van der Waals surface area contributed by atoms with Crippen LogP contribution >= 0.6 is 0 Å². The fourth-order valence-electron chi connectivity index (χ4n) is 2.49. The fourth-order valence-corrected chi connectivity index (χ4v) is 2.49. The molecule has 0 spiro atoms. The first-order valence-corrected chi connectivity index (χ1v) is 7.02. The van der Waals surface area contributed by atoms with Crippen molar-refractivity contribution >= 4 is 11.7 Å². The van der Waals surface area contributed by atoms with Crippen LogP contribution in [0.2, 0.25) is 0 Å². The van der Waals surface area contributed by atoms with Gasteiger partial charge in [0.25, 0.3) is 5.91 Å². The fraction of sp³-hybridized carbons (Fsp3) is 0.643. The van der Waals surface area contributed by atoms with Gasteiger partial charge in [0.05, 0.1) is 0 Å². The summed E-state index contributed by atoms with van der Waals surface area (Å²) in [6.45, 7) is 7.92. The highest BCUT2D eigenvalue weighted by Gasteiger charge is 2.29. The molecule has 1 fully saturated rings. The number of piperidine rings is 1. The zero-order chi connectivity index (χ0) is 13.8. The highest BCUT2D eigenvalue weighted by molar-refractivity contribution is 5.92. The second-order valence-electron chi connectivity index (χ2n) is 5.19. The van der Waals surface area contributed by atoms with Crippen molar-refractivity contribution in [2.45, 2.75) is 39.7 Å². The first-order chi connectivity index (χ1) is 9.13. The Labute approximate surface area is 114 Å². The number of nitrogens with one attached hydrogen (secondary N) is 1. The molecule has 0 aliphatic carbocycles. The number of rotatable bonds is 3. The Morgan fingerprint density at radius 2 is 2.21 bits per heavy atom. The lowest BCUT2D eigenvalue weighted by atomic mass is 9.92. The van der Waals surface area contributed by atoms with E-state index in [0.29, 0.717) is 17.4 Å². The summed E-state index contributed by atoms with van der Waals surface area (Å²) in [5.74, 6) is 1.25. The van der Waals surface area contributed by atoms with Crippen LogP contribution in [-0.2, 0) is 0 Å². The third-order valence-corrected chi connectivity index (χ3v) is 3.88. The molecule has 0 saturated carbocycles. The highest BCUT2D eigenvalue weighted by atomic mass is 16.2. The summed E-state index contributed by atoms with van der Waals surface area (Å²) in [7, 11) is 0. The Morgan fingerprint density at radius 1 is 1.42 bits per heavy atom. The Balaban J connectivity index is 2.10. The molecule has 5 nitrogen and oxygen atoms in total. The molecule has 2 rings (SSSR count). The molecule has 1 aromatic heterocycles. The maximum absolute atomic E-state index is 12.4. The van der Waals surface area contributed by atoms with Crippen molar-refractivity contribution < 1.29 is 4.79 Å². The molecule has 1 saturated heterocycles. The molecule has 1 amide bonds. The van der Waals surface area contributed by atoms with E-state index in [1.54, 1.807) is 6.07 Å². The molecule has 1 aliphatic rings. The van der Waals surface area contributed by atoms with Gasteiger partial charge in [0.1, 0.15) is 5.82 Å². The van der Waals surface area contributed by atoms with Gasteiger partial charge in [0, 0.05) is 19.1 Å². The third-order valence-electron chi connectivity index (χ3n) is 3.88. The first-order valence-electron chi connectivity index (χ1n) is 7.02. The van der Waals surface area contributed by atoms with Crippen molar-refractivity contribution in [3.63, 3.8) is 0 Å². The molecule has 2 atom stereocenters. The molecule has 1 N–H and O–H groups in total. The second-order valence-corrected chi connectivity index (χ2v) is 5.19. The quantitative estimate of drug-likeness (QED) is 0.907. The lowest BCUT2D eigenvalue weighted by Crippen LogP contribution is -2.46. The number of amides is 1. The van der Waals surface area contributed by atoms with Gasteiger partial charge in [-0.25, -0.2) is 0 Å². The first kappa shape index (κ1) is 13.8. The minimum Gasteiger partial charge on any atom is -0.369 e. The van der Waals surface area contributed by atoms with E-state index in [4.69, 9.17) is 0 Å². The van der Waals surface area contributed by atoms with Gasteiger partial charge in [0.2, 0.25) is 0 Å². The largest absolute Gasteiger partial charge is 0.369 e. The van der Waals surface area contributed by atoms with Crippen LogP contribution in [0.5, 0.6) is 0 Å². The molecule has 1 aliphatic heterocycles. The van der Waals surface area contributed by atoms with Gasteiger partial charge >= 0.3 is 0 Å². The SMILES string of the molecule is CCNc1ccc(C(=O)N2CCCC(C)C2C)nn1. The lowest BCUT2D eigenvalue weighted by molar-refractivity contribution is 0.0544. The topological polar surface area (TPSA) is 58.1 Å². The van der Waals surface area contributed by atoms with E-state index in [2.05, 4.69) is 29.4 Å². The van der Waals surface area contributed by atoms with E-state index in [-0.39, 0.29) is 11.9 Å². The van der Waals surface area contributed by atoms with Crippen molar-refractivity contribution in [1.82, 2.24) is 15.1 Å². The molecule has 5 heteroatoms. The molecule has 0 bridgehead atoms. The normalized spacial score (nSPS) is 23.2. The molecule has 0 aromatic carbocycles. The van der Waals surface area contributed by atoms with Crippen molar-refractivity contribution in [2.75, 3.05) is 18.4 Å². The van der Waals surface area contributed by atoms with Crippen molar-refractivity contribution in [2.24, 2.45) is 5.92 Å². The predicted molar refractivity (Wildman–Crippen MR) is 75.1 cm³/mol. The average Bonchev–Trinajstić information content (AvgIpc) is 2.42. The Bertz CT molecular complexity index is 432. The minimum absolute atomic E-state index is 0.00500. The number of hydrogen-bond donors (Lipinski definition) is 1. The molecule has 2 unspecified atom stereocenters. The van der Waals surface area contributed by atoms with Crippen LogP contribution in [0.1, 0.15) is 44.1 Å². The van der Waals surface area contributed by atoms with E-state index in [9.17, 15) is 4.79 Å². The molecule has 2 heterocycles. The van der Waals surface area contributed by atoms with E-state index in [0.717, 1.165) is 19.5 Å². The number of nitrogens with zero attached hydrogens (tertiary/aromatic N) is 3. The van der Waals surface area contributed by atoms with Crippen molar-refractivity contribution in [1.29, 1.82) is 0 Å². The number of carbonyl (C=O) groups excluding carboxylic acids is 1. The van der Waals surface area contributed by atoms with E-state index in [1.807, 2.05) is 17.9 Å². The van der Waals surface area contributed by atoms with E-state index >= 15 is 0 Å². The van der Waals surface area contributed by atoms with Gasteiger partial charge in [-0.15, -0.1) is 10.2 Å². The summed E-state index contributed by atoms with van der Waals surface area (Å²) in [5.41, 5.74) is 0.433. The maximum Gasteiger partial charge on any atom is 0.274 e. The summed E-state index contributed by atoms with van der Waals surface area (Å²) in [6, 6.07) is 3.83. The van der Waals surface area contributed by atoms with Gasteiger partial charge in [-0.1, -0.05) is 6.92 Å². The summed E-state index contributed by atoms with van der Waals surface area (Å²) in [6.07, 6.45) is 2.26. The molecule has 104 valence electrons. The lowest BCUT2D eigenvalue weighted by Gasteiger charge is -2.37. The number of aromatic nitrogens is 2. The number of carbonyl (C=O) groups is 1. The predicted octanol–water partition coefficient (Wildman–Crippen LogP) is 2.17. The summed E-state index contributed by atoms with van der Waals surface area (Å²) < 4.78 is 0. The molecular formula is C14H22N4O. The van der Waals surface area contributed by atoms with Crippen LogP contribution in [0, 0.1) is 5.92 Å². The molecular weight excluding hydrogens is 240 g/mol. The zero-order valence-corrected chi connectivity index (χ0v) is 11.9. The van der Waals surface area contributed by atoms with Crippen LogP contribution in [-0.4, -0.2) is 40.1 Å². The number of likely N-dealkylation sites (tertiary alicyclic amines) is 1. The van der Waals surface area contributed by atoms with Gasteiger partial charge in [0.15, 0.2) is 5.69 Å². The third kappa shape index (κ3) is 3.03. The monoisotopic (exact) mass is 262 g/mol. The van der Waals surface area contributed by atoms with Crippen LogP contribution < -0.4 is 5.32 Å². The van der Waals surface area contributed by atoms with Crippen molar-refractivity contribution in [3.8, 4) is 0 Å². The Morgan fingerprint density at radius 3 is 2.84 bits per heavy atom. The van der Waals surface area contributed by atoms with Gasteiger partial charge in [-0.2, -0.15) is 0 Å². The molecule has 1 aromatic rings. The summed E-state index contributed by atoms with van der Waals surface area (Å²) >= 11 is 0. The second kappa shape index (κ2) is 5.99. The van der Waals surface area contributed by atoms with Crippen LogP contribution in [0.25, 0.3) is 0 Å². The summed E-state index contributed by atoms with van der Waals surface area (Å²) in [4.78, 5) is 14.3. The number of hydrogen-bond acceptors (Lipinski definition) is 4. The minimum atomic E-state index is -0.00500. The van der Waals surface area contributed by atoms with Gasteiger partial charge in [-0.05, 0) is 44.7 Å². The van der Waals surface area contributed by atoms with Gasteiger partial charge in [-0.3, -0.25) is 4.79 Å². The zero-order valence-electron chi connectivity index (χ0n) is 11.9. The Kier molecular flexibility index (Phi) is 4.35. The van der Waals surface area contributed by atoms with Gasteiger partial charge < -0.3 is 10.2 Å². The molecule has 0 radical (unpaired) electrons. The standard InChI is InChI=1S/C14H22N4O/c1-4-15-13-8-7-12(16-17-13)14(19)18-9-5-6-10(2)11(18)3/h7-8,10-11H,4-6,9H2,1-3H3,(H,15,17). The number of anilines is 1. The van der Waals surface area contributed by atoms with Crippen LogP contribution in [0.4, 0.5) is 5.82 Å². The summed E-state index contributed by atoms with van der Waals surface area (Å²) in [5, 5.41) is 11.1. The average molecular weight is 262 g/mol. The van der Waals surface area contributed by atoms with Crippen LogP contribution in [0.15, 0.2) is 12.1 Å². The van der Waals surface area contributed by atoms with E-state index < -0.39 is 0 Å². The Hall–Kier alpha value is -1.65. The van der Waals surface area contributed by atoms with Crippen molar-refractivity contribution in [3.05, 3.63) is 17.8 Å². The smallest absolute Gasteiger partial charge is 0.274 e. The maximum atomic E-state index is 12.4. The van der Waals surface area contributed by atoms with Crippen LogP contribution in [0.3, 0.4) is 0 Å². The highest BCUT2D eigenvalue weighted by Crippen LogP contribution is 2.24.